The highest BCUT2D eigenvalue weighted by atomic mass is 16.5. The summed E-state index contributed by atoms with van der Waals surface area (Å²) >= 11 is 0. The summed E-state index contributed by atoms with van der Waals surface area (Å²) in [5.41, 5.74) is 0.983. The van der Waals surface area contributed by atoms with Gasteiger partial charge in [0.2, 0.25) is 5.96 Å². The molecule has 0 aromatic carbocycles. The molecule has 3 aliphatic heterocycles. The smallest absolute Gasteiger partial charge is 0.223 e. The lowest BCUT2D eigenvalue weighted by Gasteiger charge is -2.40. The largest absolute Gasteiger partial charge is 0.383 e. The Bertz CT molecular complexity index is 809. The van der Waals surface area contributed by atoms with Gasteiger partial charge < -0.3 is 20.3 Å². The molecule has 2 N–H and O–H groups in total. The monoisotopic (exact) mass is 399 g/mol. The van der Waals surface area contributed by atoms with Gasteiger partial charge in [-0.05, 0) is 26.8 Å². The van der Waals surface area contributed by atoms with Crippen LogP contribution in [-0.4, -0.2) is 94.9 Å². The molecule has 156 valence electrons. The van der Waals surface area contributed by atoms with Crippen molar-refractivity contribution in [3.8, 4) is 0 Å². The highest BCUT2D eigenvalue weighted by Gasteiger charge is 2.43. The van der Waals surface area contributed by atoms with Crippen LogP contribution in [0.25, 0.3) is 0 Å². The molecule has 4 heterocycles. The summed E-state index contributed by atoms with van der Waals surface area (Å²) in [5.74, 6) is 2.26. The second-order valence-electron chi connectivity index (χ2n) is 7.74. The lowest BCUT2D eigenvalue weighted by atomic mass is 10.0. The summed E-state index contributed by atoms with van der Waals surface area (Å²) in [7, 11) is 1.70. The summed E-state index contributed by atoms with van der Waals surface area (Å²) in [6, 6.07) is 2.35. The fourth-order valence-electron chi connectivity index (χ4n) is 3.91. The van der Waals surface area contributed by atoms with Gasteiger partial charge in [-0.3, -0.25) is 5.01 Å². The van der Waals surface area contributed by atoms with Gasteiger partial charge >= 0.3 is 0 Å². The van der Waals surface area contributed by atoms with Gasteiger partial charge in [0.05, 0.1) is 18.9 Å². The number of ether oxygens (including phenoxy) is 1. The number of amidine groups is 1. The van der Waals surface area contributed by atoms with Crippen molar-refractivity contribution in [3.63, 3.8) is 0 Å². The number of guanidine groups is 1. The van der Waals surface area contributed by atoms with Gasteiger partial charge in [-0.2, -0.15) is 10.1 Å². The number of piperazine rings is 1. The standard InChI is InChI=1S/C19H29N9O/c1-12-10-27(13(2)9-21-12)19-24-16-14(3)26-28(7-8-29-4)17(16)18(25-19)23-15-5-6-20-11-22-15/h5-6,11-13,16-17,21H,7-10H2,1-4H3,(H,20,22,23,24,25)/t12-,13+,16?,17?/m0/s1. The summed E-state index contributed by atoms with van der Waals surface area (Å²) in [6.45, 7) is 9.44. The van der Waals surface area contributed by atoms with E-state index in [0.29, 0.717) is 31.1 Å². The molecule has 4 rings (SSSR count). The number of aliphatic imine (C=N–C) groups is 2. The van der Waals surface area contributed by atoms with Crippen molar-refractivity contribution in [2.45, 2.75) is 44.9 Å². The molecule has 2 unspecified atom stereocenters. The number of aromatic nitrogens is 2. The van der Waals surface area contributed by atoms with Crippen LogP contribution >= 0.6 is 0 Å². The number of nitrogens with zero attached hydrogens (tertiary/aromatic N) is 7. The van der Waals surface area contributed by atoms with Gasteiger partial charge in [0, 0.05) is 38.5 Å². The van der Waals surface area contributed by atoms with Crippen LogP contribution in [0.3, 0.4) is 0 Å². The first kappa shape index (κ1) is 19.7. The highest BCUT2D eigenvalue weighted by Crippen LogP contribution is 2.26. The average molecular weight is 400 g/mol. The van der Waals surface area contributed by atoms with Gasteiger partial charge in [0.15, 0.2) is 0 Å². The Morgan fingerprint density at radius 2 is 2.21 bits per heavy atom. The minimum atomic E-state index is -0.0977. The number of hydrogen-bond acceptors (Lipinski definition) is 10. The van der Waals surface area contributed by atoms with Crippen molar-refractivity contribution in [3.05, 3.63) is 18.6 Å². The maximum Gasteiger partial charge on any atom is 0.223 e. The van der Waals surface area contributed by atoms with Crippen LogP contribution in [0, 0.1) is 0 Å². The SMILES string of the molecule is COCCN1N=C(C)C2N=C(N3C[C@H](C)NC[C@H]3C)N=C(Nc3ccncn3)C21. The normalized spacial score (nSPS) is 29.2. The van der Waals surface area contributed by atoms with E-state index in [9.17, 15) is 0 Å². The molecule has 0 spiro atoms. The van der Waals surface area contributed by atoms with Gasteiger partial charge in [-0.25, -0.2) is 15.0 Å². The number of hydrazone groups is 1. The average Bonchev–Trinajstić information content (AvgIpc) is 3.05. The van der Waals surface area contributed by atoms with Crippen LogP contribution in [0.15, 0.2) is 33.7 Å². The maximum atomic E-state index is 5.27. The molecular weight excluding hydrogens is 370 g/mol. The van der Waals surface area contributed by atoms with Crippen molar-refractivity contribution in [1.82, 2.24) is 25.2 Å². The van der Waals surface area contributed by atoms with Crippen molar-refractivity contribution in [2.75, 3.05) is 38.7 Å². The van der Waals surface area contributed by atoms with Crippen LogP contribution in [0.1, 0.15) is 20.8 Å². The van der Waals surface area contributed by atoms with Gasteiger partial charge in [0.1, 0.15) is 30.1 Å². The van der Waals surface area contributed by atoms with Crippen molar-refractivity contribution < 1.29 is 4.74 Å². The Morgan fingerprint density at radius 3 is 2.97 bits per heavy atom. The molecule has 0 aliphatic carbocycles. The Morgan fingerprint density at radius 1 is 1.34 bits per heavy atom. The number of hydrogen-bond donors (Lipinski definition) is 2. The molecule has 3 aliphatic rings. The first-order chi connectivity index (χ1) is 14.1. The molecule has 0 saturated carbocycles. The number of anilines is 1. The third-order valence-corrected chi connectivity index (χ3v) is 5.47. The summed E-state index contributed by atoms with van der Waals surface area (Å²) < 4.78 is 5.27. The predicted molar refractivity (Wildman–Crippen MR) is 113 cm³/mol. The first-order valence-electron chi connectivity index (χ1n) is 10.1. The van der Waals surface area contributed by atoms with E-state index in [1.54, 1.807) is 13.3 Å². The van der Waals surface area contributed by atoms with Crippen molar-refractivity contribution >= 4 is 23.3 Å². The van der Waals surface area contributed by atoms with E-state index in [1.165, 1.54) is 6.33 Å². The molecule has 1 aromatic rings. The van der Waals surface area contributed by atoms with E-state index in [0.717, 1.165) is 30.6 Å². The van der Waals surface area contributed by atoms with E-state index in [4.69, 9.17) is 19.8 Å². The summed E-state index contributed by atoms with van der Waals surface area (Å²) in [4.78, 5) is 20.6. The number of methoxy groups -OCH3 is 1. The second kappa shape index (κ2) is 8.42. The van der Waals surface area contributed by atoms with E-state index < -0.39 is 0 Å². The van der Waals surface area contributed by atoms with Crippen LogP contribution in [0.5, 0.6) is 0 Å². The Hall–Kier alpha value is -2.59. The molecule has 29 heavy (non-hydrogen) atoms. The molecule has 4 atom stereocenters. The number of fused-ring (bicyclic) bond motifs is 1. The molecule has 0 amide bonds. The zero-order valence-corrected chi connectivity index (χ0v) is 17.4. The fourth-order valence-corrected chi connectivity index (χ4v) is 3.91. The van der Waals surface area contributed by atoms with Crippen LogP contribution < -0.4 is 10.6 Å². The minimum absolute atomic E-state index is 0.0823. The van der Waals surface area contributed by atoms with Crippen LogP contribution in [0.4, 0.5) is 5.82 Å². The number of rotatable bonds is 4. The second-order valence-corrected chi connectivity index (χ2v) is 7.74. The molecular formula is C19H29N9O. The van der Waals surface area contributed by atoms with Gasteiger partial charge in [-0.15, -0.1) is 0 Å². The lowest BCUT2D eigenvalue weighted by Crippen LogP contribution is -2.58. The fraction of sp³-hybridized carbons (Fsp3) is 0.632. The lowest BCUT2D eigenvalue weighted by molar-refractivity contribution is 0.144. The van der Waals surface area contributed by atoms with Gasteiger partial charge in [0.25, 0.3) is 0 Å². The molecule has 1 saturated heterocycles. The van der Waals surface area contributed by atoms with E-state index in [-0.39, 0.29) is 12.1 Å². The third kappa shape index (κ3) is 4.08. The Labute approximate surface area is 171 Å². The molecule has 1 fully saturated rings. The number of nitrogens with one attached hydrogen (secondary N) is 2. The van der Waals surface area contributed by atoms with Crippen LogP contribution in [0.2, 0.25) is 0 Å². The zero-order chi connectivity index (χ0) is 20.4. The molecule has 10 nitrogen and oxygen atoms in total. The maximum absolute atomic E-state index is 5.27. The van der Waals surface area contributed by atoms with Gasteiger partial charge in [-0.1, -0.05) is 0 Å². The predicted octanol–water partition coefficient (Wildman–Crippen LogP) is 0.414. The molecule has 0 radical (unpaired) electrons. The van der Waals surface area contributed by atoms with E-state index in [1.807, 2.05) is 18.0 Å². The minimum Gasteiger partial charge on any atom is -0.383 e. The highest BCUT2D eigenvalue weighted by molar-refractivity contribution is 6.12. The molecule has 1 aromatic heterocycles. The van der Waals surface area contributed by atoms with E-state index in [2.05, 4.69) is 39.3 Å². The Balaban J connectivity index is 1.67. The van der Waals surface area contributed by atoms with Crippen molar-refractivity contribution in [2.24, 2.45) is 15.1 Å². The Kier molecular flexibility index (Phi) is 5.72. The summed E-state index contributed by atoms with van der Waals surface area (Å²) in [6.07, 6.45) is 3.24. The summed E-state index contributed by atoms with van der Waals surface area (Å²) in [5, 5.41) is 13.7. The zero-order valence-electron chi connectivity index (χ0n) is 17.4. The molecule has 0 bridgehead atoms. The quantitative estimate of drug-likeness (QED) is 0.756. The first-order valence-corrected chi connectivity index (χ1v) is 10.1. The van der Waals surface area contributed by atoms with E-state index >= 15 is 0 Å². The van der Waals surface area contributed by atoms with Crippen molar-refractivity contribution in [1.29, 1.82) is 0 Å². The molecule has 10 heteroatoms. The third-order valence-electron chi connectivity index (χ3n) is 5.47. The van der Waals surface area contributed by atoms with Crippen LogP contribution in [-0.2, 0) is 4.74 Å². The topological polar surface area (TPSA) is 103 Å².